The second-order valence-electron chi connectivity index (χ2n) is 5.54. The number of anilines is 2. The van der Waals surface area contributed by atoms with E-state index in [0.29, 0.717) is 12.1 Å². The highest BCUT2D eigenvalue weighted by Gasteiger charge is 2.14. The van der Waals surface area contributed by atoms with Crippen molar-refractivity contribution >= 4 is 11.5 Å². The summed E-state index contributed by atoms with van der Waals surface area (Å²) in [5, 5.41) is 7.82. The third-order valence-electron chi connectivity index (χ3n) is 3.48. The zero-order valence-electron chi connectivity index (χ0n) is 13.2. The summed E-state index contributed by atoms with van der Waals surface area (Å²) < 4.78 is 1.84. The Labute approximate surface area is 117 Å². The van der Waals surface area contributed by atoms with Crippen LogP contribution in [0.4, 0.5) is 11.5 Å². The standard InChI is InChI=1S/C14H29N5/c1-7-12-13(15)14(18(6)17-12)16-8-9-19(10(2)3)11(4)5/h10-11,16H,7-9,15H2,1-6H3. The van der Waals surface area contributed by atoms with Crippen molar-refractivity contribution in [2.75, 3.05) is 24.1 Å². The summed E-state index contributed by atoms with van der Waals surface area (Å²) in [5.74, 6) is 0.935. The number of nitrogens with one attached hydrogen (secondary N) is 1. The van der Waals surface area contributed by atoms with E-state index < -0.39 is 0 Å². The van der Waals surface area contributed by atoms with Crippen molar-refractivity contribution in [2.45, 2.75) is 53.1 Å². The smallest absolute Gasteiger partial charge is 0.147 e. The van der Waals surface area contributed by atoms with E-state index in [2.05, 4.69) is 49.9 Å². The fourth-order valence-electron chi connectivity index (χ4n) is 2.48. The van der Waals surface area contributed by atoms with Crippen molar-refractivity contribution in [2.24, 2.45) is 7.05 Å². The number of nitrogens with zero attached hydrogens (tertiary/aromatic N) is 3. The van der Waals surface area contributed by atoms with Crippen molar-refractivity contribution < 1.29 is 0 Å². The number of aryl methyl sites for hydroxylation is 2. The van der Waals surface area contributed by atoms with E-state index in [9.17, 15) is 0 Å². The molecule has 0 aromatic carbocycles. The molecule has 0 aliphatic heterocycles. The first kappa shape index (κ1) is 15.8. The number of aromatic nitrogens is 2. The predicted molar refractivity (Wildman–Crippen MR) is 82.5 cm³/mol. The van der Waals surface area contributed by atoms with Gasteiger partial charge >= 0.3 is 0 Å². The van der Waals surface area contributed by atoms with E-state index in [-0.39, 0.29) is 0 Å². The Morgan fingerprint density at radius 3 is 2.26 bits per heavy atom. The summed E-state index contributed by atoms with van der Waals surface area (Å²) in [6, 6.07) is 1.11. The zero-order chi connectivity index (χ0) is 14.6. The summed E-state index contributed by atoms with van der Waals surface area (Å²) in [6.07, 6.45) is 0.867. The highest BCUT2D eigenvalue weighted by Crippen LogP contribution is 2.21. The van der Waals surface area contributed by atoms with Crippen molar-refractivity contribution in [1.82, 2.24) is 14.7 Å². The molecular weight excluding hydrogens is 238 g/mol. The summed E-state index contributed by atoms with van der Waals surface area (Å²) in [7, 11) is 1.93. The first-order valence-electron chi connectivity index (χ1n) is 7.19. The van der Waals surface area contributed by atoms with Gasteiger partial charge in [-0.05, 0) is 34.1 Å². The Hall–Kier alpha value is -1.23. The van der Waals surface area contributed by atoms with Crippen LogP contribution in [0.2, 0.25) is 0 Å². The number of hydrogen-bond donors (Lipinski definition) is 2. The van der Waals surface area contributed by atoms with Gasteiger partial charge < -0.3 is 11.1 Å². The number of nitrogens with two attached hydrogens (primary N) is 1. The van der Waals surface area contributed by atoms with Gasteiger partial charge in [0.1, 0.15) is 5.82 Å². The summed E-state index contributed by atoms with van der Waals surface area (Å²) in [5.41, 5.74) is 7.84. The SMILES string of the molecule is CCc1nn(C)c(NCCN(C(C)C)C(C)C)c1N. The van der Waals surface area contributed by atoms with Crippen molar-refractivity contribution in [1.29, 1.82) is 0 Å². The van der Waals surface area contributed by atoms with Crippen LogP contribution in [0.1, 0.15) is 40.3 Å². The summed E-state index contributed by atoms with van der Waals surface area (Å²) in [4.78, 5) is 2.46. The van der Waals surface area contributed by atoms with Crippen LogP contribution in [-0.2, 0) is 13.5 Å². The van der Waals surface area contributed by atoms with Crippen LogP contribution in [-0.4, -0.2) is 39.9 Å². The second kappa shape index (κ2) is 6.80. The van der Waals surface area contributed by atoms with Gasteiger partial charge in [-0.15, -0.1) is 0 Å². The molecule has 1 aromatic rings. The highest BCUT2D eigenvalue weighted by atomic mass is 15.3. The van der Waals surface area contributed by atoms with E-state index in [0.717, 1.165) is 36.7 Å². The van der Waals surface area contributed by atoms with Gasteiger partial charge in [0.25, 0.3) is 0 Å². The molecular formula is C14H29N5. The van der Waals surface area contributed by atoms with E-state index in [1.165, 1.54) is 0 Å². The normalized spacial score (nSPS) is 11.8. The van der Waals surface area contributed by atoms with Gasteiger partial charge in [0.05, 0.1) is 11.4 Å². The molecule has 19 heavy (non-hydrogen) atoms. The molecule has 3 N–H and O–H groups in total. The van der Waals surface area contributed by atoms with E-state index in [4.69, 9.17) is 5.73 Å². The molecule has 1 rings (SSSR count). The van der Waals surface area contributed by atoms with Crippen LogP contribution >= 0.6 is 0 Å². The van der Waals surface area contributed by atoms with Gasteiger partial charge in [0.2, 0.25) is 0 Å². The van der Waals surface area contributed by atoms with Crippen molar-refractivity contribution in [3.8, 4) is 0 Å². The minimum absolute atomic E-state index is 0.553. The third kappa shape index (κ3) is 3.86. The lowest BCUT2D eigenvalue weighted by molar-refractivity contribution is 0.182. The average molecular weight is 267 g/mol. The molecule has 0 spiro atoms. The minimum atomic E-state index is 0.553. The maximum Gasteiger partial charge on any atom is 0.147 e. The zero-order valence-corrected chi connectivity index (χ0v) is 13.2. The maximum atomic E-state index is 6.09. The third-order valence-corrected chi connectivity index (χ3v) is 3.48. The lowest BCUT2D eigenvalue weighted by Gasteiger charge is -2.30. The van der Waals surface area contributed by atoms with E-state index in [1.807, 2.05) is 11.7 Å². The Bertz CT molecular complexity index is 387. The molecule has 0 aliphatic carbocycles. The quantitative estimate of drug-likeness (QED) is 0.794. The molecule has 1 heterocycles. The first-order chi connectivity index (χ1) is 8.88. The average Bonchev–Trinajstić information content (AvgIpc) is 2.59. The van der Waals surface area contributed by atoms with Crippen LogP contribution in [0.3, 0.4) is 0 Å². The van der Waals surface area contributed by atoms with Gasteiger partial charge in [0.15, 0.2) is 0 Å². The summed E-state index contributed by atoms with van der Waals surface area (Å²) in [6.45, 7) is 12.9. The molecule has 0 saturated heterocycles. The Morgan fingerprint density at radius 2 is 1.84 bits per heavy atom. The molecule has 110 valence electrons. The van der Waals surface area contributed by atoms with Crippen molar-refractivity contribution in [3.05, 3.63) is 5.69 Å². The van der Waals surface area contributed by atoms with E-state index >= 15 is 0 Å². The molecule has 0 amide bonds. The molecule has 1 aromatic heterocycles. The predicted octanol–water partition coefficient (Wildman–Crippen LogP) is 2.10. The first-order valence-corrected chi connectivity index (χ1v) is 7.19. The van der Waals surface area contributed by atoms with Gasteiger partial charge in [-0.1, -0.05) is 6.92 Å². The minimum Gasteiger partial charge on any atom is -0.394 e. The van der Waals surface area contributed by atoms with Crippen LogP contribution in [0.5, 0.6) is 0 Å². The van der Waals surface area contributed by atoms with Gasteiger partial charge in [-0.25, -0.2) is 0 Å². The molecule has 0 bridgehead atoms. The molecule has 0 radical (unpaired) electrons. The fraction of sp³-hybridized carbons (Fsp3) is 0.786. The maximum absolute atomic E-state index is 6.09. The van der Waals surface area contributed by atoms with Crippen molar-refractivity contribution in [3.63, 3.8) is 0 Å². The van der Waals surface area contributed by atoms with Gasteiger partial charge in [-0.2, -0.15) is 5.10 Å². The van der Waals surface area contributed by atoms with Crippen LogP contribution in [0.25, 0.3) is 0 Å². The van der Waals surface area contributed by atoms with Gasteiger partial charge in [0, 0.05) is 32.2 Å². The largest absolute Gasteiger partial charge is 0.394 e. The molecule has 0 saturated carbocycles. The van der Waals surface area contributed by atoms with Crippen LogP contribution < -0.4 is 11.1 Å². The van der Waals surface area contributed by atoms with E-state index in [1.54, 1.807) is 0 Å². The number of hydrogen-bond acceptors (Lipinski definition) is 4. The Morgan fingerprint density at radius 1 is 1.26 bits per heavy atom. The van der Waals surface area contributed by atoms with Gasteiger partial charge in [-0.3, -0.25) is 9.58 Å². The lowest BCUT2D eigenvalue weighted by atomic mass is 10.2. The molecule has 0 unspecified atom stereocenters. The molecule has 0 atom stereocenters. The highest BCUT2D eigenvalue weighted by molar-refractivity contribution is 5.64. The topological polar surface area (TPSA) is 59.1 Å². The number of nitrogen functional groups attached to an aromatic ring is 1. The summed E-state index contributed by atoms with van der Waals surface area (Å²) >= 11 is 0. The van der Waals surface area contributed by atoms with Crippen LogP contribution in [0.15, 0.2) is 0 Å². The monoisotopic (exact) mass is 267 g/mol. The Kier molecular flexibility index (Phi) is 5.66. The van der Waals surface area contributed by atoms with Crippen LogP contribution in [0, 0.1) is 0 Å². The Balaban J connectivity index is 2.60. The number of rotatable bonds is 7. The second-order valence-corrected chi connectivity index (χ2v) is 5.54. The molecule has 0 aliphatic rings. The lowest BCUT2D eigenvalue weighted by Crippen LogP contribution is -2.40. The molecule has 5 heteroatoms. The molecule has 5 nitrogen and oxygen atoms in total. The fourth-order valence-corrected chi connectivity index (χ4v) is 2.48. The molecule has 0 fully saturated rings.